The van der Waals surface area contributed by atoms with Gasteiger partial charge in [-0.15, -0.1) is 0 Å². The molecular weight excluding hydrogens is 386 g/mol. The molecule has 2 atom stereocenters. The smallest absolute Gasteiger partial charge is 0.240 e. The molecule has 144 valence electrons. The predicted octanol–water partition coefficient (Wildman–Crippen LogP) is 5.27. The molecule has 0 aromatic rings. The number of hydrogen-bond acceptors (Lipinski definition) is 0. The molecule has 0 amide bonds. The third-order valence-corrected chi connectivity index (χ3v) is 3.41. The Morgan fingerprint density at radius 2 is 0.667 bits per heavy atom. The maximum Gasteiger partial charge on any atom is 0.375 e. The van der Waals surface area contributed by atoms with Gasteiger partial charge in [-0.05, 0) is 0 Å². The maximum atomic E-state index is 12.0. The van der Waals surface area contributed by atoms with Gasteiger partial charge >= 0.3 is 35.5 Å². The molecule has 2 rings (SSSR count). The zero-order valence-corrected chi connectivity index (χ0v) is 10.9. The molecule has 24 heavy (non-hydrogen) atoms. The molecule has 0 radical (unpaired) electrons. The normalized spacial score (nSPS) is 36.8. The molecule has 2 aliphatic carbocycles. The summed E-state index contributed by atoms with van der Waals surface area (Å²) in [6.07, 6.45) is -11.2. The summed E-state index contributed by atoms with van der Waals surface area (Å²) in [6.45, 7) is 0. The molecule has 14 heteroatoms. The molecule has 0 aromatic carbocycles. The first-order chi connectivity index (χ1) is 10.3. The summed E-state index contributed by atoms with van der Waals surface area (Å²) < 4.78 is 168. The Balaban J connectivity index is 0.000000240. The molecule has 2 aliphatic rings. The summed E-state index contributed by atoms with van der Waals surface area (Å²) in [6, 6.07) is 0. The highest BCUT2D eigenvalue weighted by molar-refractivity contribution is 5.09. The van der Waals surface area contributed by atoms with Crippen molar-refractivity contribution in [3.05, 3.63) is 0 Å². The third kappa shape index (κ3) is 2.59. The minimum Gasteiger partial charge on any atom is -0.240 e. The standard InChI is InChI=1S/2C5H3F7/c2*6-2-1-3(7,8)5(11,12)4(2,9)10/h2*2H,1H2. The summed E-state index contributed by atoms with van der Waals surface area (Å²) >= 11 is 0. The van der Waals surface area contributed by atoms with Gasteiger partial charge in [0.2, 0.25) is 0 Å². The van der Waals surface area contributed by atoms with Gasteiger partial charge in [-0.25, -0.2) is 8.78 Å². The lowest BCUT2D eigenvalue weighted by Crippen LogP contribution is -2.48. The van der Waals surface area contributed by atoms with Crippen LogP contribution in [0, 0.1) is 0 Å². The van der Waals surface area contributed by atoms with Crippen LogP contribution in [0.5, 0.6) is 0 Å². The van der Waals surface area contributed by atoms with E-state index in [2.05, 4.69) is 0 Å². The number of rotatable bonds is 0. The molecule has 2 fully saturated rings. The fourth-order valence-electron chi connectivity index (χ4n) is 1.84. The van der Waals surface area contributed by atoms with Gasteiger partial charge in [-0.2, -0.15) is 52.7 Å². The Bertz CT molecular complexity index is 436. The molecular formula is C10H6F14. The third-order valence-electron chi connectivity index (χ3n) is 3.41. The van der Waals surface area contributed by atoms with E-state index in [9.17, 15) is 61.5 Å². The van der Waals surface area contributed by atoms with E-state index in [1.807, 2.05) is 0 Å². The quantitative estimate of drug-likeness (QED) is 0.493. The van der Waals surface area contributed by atoms with Crippen molar-refractivity contribution in [1.29, 1.82) is 0 Å². The Kier molecular flexibility index (Phi) is 4.61. The van der Waals surface area contributed by atoms with Gasteiger partial charge in [0.25, 0.3) is 0 Å². The topological polar surface area (TPSA) is 0 Å². The van der Waals surface area contributed by atoms with Crippen molar-refractivity contribution < 1.29 is 61.5 Å². The minimum absolute atomic E-state index is 2.13. The summed E-state index contributed by atoms with van der Waals surface area (Å²) in [5.74, 6) is -31.6. The monoisotopic (exact) mass is 392 g/mol. The Morgan fingerprint density at radius 3 is 0.708 bits per heavy atom. The van der Waals surface area contributed by atoms with Gasteiger partial charge in [0.05, 0.1) is 12.8 Å². The fourth-order valence-corrected chi connectivity index (χ4v) is 1.84. The SMILES string of the molecule is FC1CC(F)(F)C(F)(F)C1(F)F.FC1CC(F)(F)C(F)(F)C1(F)F. The average Bonchev–Trinajstić information content (AvgIpc) is 2.53. The highest BCUT2D eigenvalue weighted by Gasteiger charge is 2.82. The highest BCUT2D eigenvalue weighted by atomic mass is 19.4. The molecule has 2 unspecified atom stereocenters. The largest absolute Gasteiger partial charge is 0.375 e. The van der Waals surface area contributed by atoms with Gasteiger partial charge in [0, 0.05) is 0 Å². The Morgan fingerprint density at radius 1 is 0.458 bits per heavy atom. The molecule has 0 aliphatic heterocycles. The zero-order chi connectivity index (χ0) is 19.6. The van der Waals surface area contributed by atoms with E-state index in [1.165, 1.54) is 0 Å². The second-order valence-electron chi connectivity index (χ2n) is 5.15. The number of alkyl halides is 14. The lowest BCUT2D eigenvalue weighted by molar-refractivity contribution is -0.277. The molecule has 0 aromatic heterocycles. The summed E-state index contributed by atoms with van der Waals surface area (Å²) in [5, 5.41) is 0. The average molecular weight is 392 g/mol. The van der Waals surface area contributed by atoms with E-state index >= 15 is 0 Å². The van der Waals surface area contributed by atoms with Crippen molar-refractivity contribution in [3.63, 3.8) is 0 Å². The van der Waals surface area contributed by atoms with Crippen LogP contribution in [0.25, 0.3) is 0 Å². The van der Waals surface area contributed by atoms with Crippen molar-refractivity contribution in [2.24, 2.45) is 0 Å². The molecule has 0 N–H and O–H groups in total. The summed E-state index contributed by atoms with van der Waals surface area (Å²) in [7, 11) is 0. The van der Waals surface area contributed by atoms with E-state index in [-0.39, 0.29) is 0 Å². The predicted molar refractivity (Wildman–Crippen MR) is 48.7 cm³/mol. The van der Waals surface area contributed by atoms with Crippen molar-refractivity contribution in [2.45, 2.75) is 60.7 Å². The van der Waals surface area contributed by atoms with E-state index in [4.69, 9.17) is 0 Å². The second kappa shape index (κ2) is 5.26. The lowest BCUT2D eigenvalue weighted by Gasteiger charge is -2.22. The van der Waals surface area contributed by atoms with Crippen LogP contribution >= 0.6 is 0 Å². The first-order valence-corrected chi connectivity index (χ1v) is 5.81. The van der Waals surface area contributed by atoms with Crippen LogP contribution in [-0.2, 0) is 0 Å². The van der Waals surface area contributed by atoms with Gasteiger partial charge in [0.15, 0.2) is 12.3 Å². The van der Waals surface area contributed by atoms with E-state index in [0.717, 1.165) is 0 Å². The summed E-state index contributed by atoms with van der Waals surface area (Å²) in [4.78, 5) is 0. The van der Waals surface area contributed by atoms with Gasteiger partial charge in [-0.1, -0.05) is 0 Å². The molecule has 0 spiro atoms. The van der Waals surface area contributed by atoms with Crippen LogP contribution in [0.1, 0.15) is 12.8 Å². The van der Waals surface area contributed by atoms with E-state index in [0.29, 0.717) is 0 Å². The summed E-state index contributed by atoms with van der Waals surface area (Å²) in [5.41, 5.74) is 0. The fraction of sp³-hybridized carbons (Fsp3) is 1.00. The van der Waals surface area contributed by atoms with Gasteiger partial charge < -0.3 is 0 Å². The number of hydrogen-bond donors (Lipinski definition) is 0. The first-order valence-electron chi connectivity index (χ1n) is 5.81. The van der Waals surface area contributed by atoms with Gasteiger partial charge in [-0.3, -0.25) is 0 Å². The molecule has 0 heterocycles. The number of halogens is 14. The van der Waals surface area contributed by atoms with Crippen LogP contribution in [0.3, 0.4) is 0 Å². The minimum atomic E-state index is -5.58. The van der Waals surface area contributed by atoms with Crippen LogP contribution < -0.4 is 0 Å². The second-order valence-corrected chi connectivity index (χ2v) is 5.15. The molecule has 0 bridgehead atoms. The van der Waals surface area contributed by atoms with Crippen molar-refractivity contribution in [2.75, 3.05) is 0 Å². The van der Waals surface area contributed by atoms with Crippen molar-refractivity contribution >= 4 is 0 Å². The van der Waals surface area contributed by atoms with Crippen LogP contribution in [0.4, 0.5) is 61.5 Å². The van der Waals surface area contributed by atoms with E-state index in [1.54, 1.807) is 0 Å². The van der Waals surface area contributed by atoms with Crippen LogP contribution in [0.2, 0.25) is 0 Å². The van der Waals surface area contributed by atoms with E-state index < -0.39 is 60.7 Å². The molecule has 2 saturated carbocycles. The van der Waals surface area contributed by atoms with Crippen LogP contribution in [0.15, 0.2) is 0 Å². The van der Waals surface area contributed by atoms with Gasteiger partial charge in [0.1, 0.15) is 0 Å². The van der Waals surface area contributed by atoms with Crippen molar-refractivity contribution in [3.8, 4) is 0 Å². The zero-order valence-electron chi connectivity index (χ0n) is 10.9. The first kappa shape index (κ1) is 21.1. The highest BCUT2D eigenvalue weighted by Crippen LogP contribution is 2.58. The maximum absolute atomic E-state index is 12.0. The Labute approximate surface area is 123 Å². The lowest BCUT2D eigenvalue weighted by atomic mass is 10.2. The van der Waals surface area contributed by atoms with Crippen molar-refractivity contribution in [1.82, 2.24) is 0 Å². The Hall–Kier alpha value is -0.980. The molecule has 0 nitrogen and oxygen atoms in total. The molecule has 0 saturated heterocycles. The van der Waals surface area contributed by atoms with Crippen LogP contribution in [-0.4, -0.2) is 47.9 Å².